The average molecular weight is 682 g/mol. The monoisotopic (exact) mass is 681 g/mol. The molecule has 0 fully saturated rings. The van der Waals surface area contributed by atoms with Crippen molar-refractivity contribution in [2.75, 3.05) is 32.9 Å². The third-order valence-electron chi connectivity index (χ3n) is 6.79. The number of carboxylic acid groups (broad SMARTS) is 2. The quantitative estimate of drug-likeness (QED) is 0.0586. The molecule has 0 saturated carbocycles. The Morgan fingerprint density at radius 1 is 0.936 bits per heavy atom. The van der Waals surface area contributed by atoms with Crippen molar-refractivity contribution in [3.63, 3.8) is 0 Å². The molecule has 0 radical (unpaired) electrons. The molecule has 0 aliphatic heterocycles. The van der Waals surface area contributed by atoms with Crippen LogP contribution in [-0.2, 0) is 44.8 Å². The first kappa shape index (κ1) is 40.5. The van der Waals surface area contributed by atoms with Crippen molar-refractivity contribution in [1.29, 1.82) is 0 Å². The summed E-state index contributed by atoms with van der Waals surface area (Å²) in [7, 11) is 2.99. The third-order valence-corrected chi connectivity index (χ3v) is 8.25. The van der Waals surface area contributed by atoms with Gasteiger partial charge >= 0.3 is 11.9 Å². The molecule has 260 valence electrons. The van der Waals surface area contributed by atoms with Crippen molar-refractivity contribution in [3.05, 3.63) is 35.9 Å². The van der Waals surface area contributed by atoms with Crippen LogP contribution in [0.1, 0.15) is 31.7 Å². The van der Waals surface area contributed by atoms with Crippen LogP contribution in [0.4, 0.5) is 0 Å². The van der Waals surface area contributed by atoms with E-state index in [2.05, 4.69) is 26.6 Å². The normalized spacial score (nSPS) is 13.9. The smallest absolute Gasteiger partial charge is 0.327 e. The molecule has 47 heavy (non-hydrogen) atoms. The molecule has 0 bridgehead atoms. The lowest BCUT2D eigenvalue weighted by molar-refractivity contribution is -0.143. The van der Waals surface area contributed by atoms with Crippen molar-refractivity contribution >= 4 is 59.6 Å². The van der Waals surface area contributed by atoms with E-state index in [-0.39, 0.29) is 38.1 Å². The molecular weight excluding hydrogens is 638 g/mol. The maximum atomic E-state index is 13.0. The summed E-state index contributed by atoms with van der Waals surface area (Å²) in [5, 5.41) is 30.2. The van der Waals surface area contributed by atoms with Gasteiger partial charge in [0, 0.05) is 32.3 Å². The number of nitrogens with two attached hydrogens (primary N) is 1. The SMILES string of the molecule is CCC(SC[C@H](NC(=O)[C@H](CC(=O)O)NC(=O)[C@@H](N)CNC(=O)[C@H](Cc1ccccc1)NC)C(=O)O)C(=O)N(C=O)CCC(=O)NC. The lowest BCUT2D eigenvalue weighted by atomic mass is 10.1. The standard InChI is InChI=1S/C29H43N7O10S/c1-4-22(28(44)36(16-37)11-10-23(38)32-3)47-15-21(29(45)46)35-27(43)20(13-24(39)40)34-25(41)18(30)14-33-26(42)19(31-2)12-17-8-6-5-7-9-17/h5-9,16,18-22,31H,4,10-15,30H2,1-3H3,(H,32,38)(H,33,42)(H,34,41)(H,35,43)(H,39,40)(H,45,46)/t18-,19-,20-,21-,22?/m0/s1. The summed E-state index contributed by atoms with van der Waals surface area (Å²) in [6.07, 6.45) is -0.238. The molecule has 0 heterocycles. The molecule has 1 rings (SSSR count). The summed E-state index contributed by atoms with van der Waals surface area (Å²) in [6.45, 7) is 1.09. The average Bonchev–Trinajstić information content (AvgIpc) is 3.05. The molecule has 0 aliphatic carbocycles. The minimum absolute atomic E-state index is 0.132. The molecule has 18 heteroatoms. The molecule has 0 saturated heterocycles. The molecule has 0 spiro atoms. The van der Waals surface area contributed by atoms with Gasteiger partial charge in [-0.1, -0.05) is 37.3 Å². The summed E-state index contributed by atoms with van der Waals surface area (Å²) >= 11 is 0.835. The number of carbonyl (C=O) groups is 8. The van der Waals surface area contributed by atoms with E-state index in [4.69, 9.17) is 5.73 Å². The largest absolute Gasteiger partial charge is 0.481 e. The second-order valence-corrected chi connectivity index (χ2v) is 11.5. The minimum atomic E-state index is -1.73. The van der Waals surface area contributed by atoms with E-state index in [1.807, 2.05) is 30.3 Å². The number of thioether (sulfide) groups is 1. The third kappa shape index (κ3) is 14.6. The Hall–Kier alpha value is -4.55. The number of likely N-dealkylation sites (N-methyl/N-ethyl adjacent to an activating group) is 1. The molecule has 6 amide bonds. The van der Waals surface area contributed by atoms with Crippen molar-refractivity contribution in [1.82, 2.24) is 31.5 Å². The Kier molecular flexibility index (Phi) is 18.3. The number of hydrogen-bond acceptors (Lipinski definition) is 11. The Bertz CT molecular complexity index is 1250. The van der Waals surface area contributed by atoms with Gasteiger partial charge in [-0.15, -0.1) is 11.8 Å². The van der Waals surface area contributed by atoms with E-state index in [0.29, 0.717) is 6.42 Å². The zero-order valence-electron chi connectivity index (χ0n) is 26.4. The highest BCUT2D eigenvalue weighted by atomic mass is 32.2. The first-order valence-corrected chi connectivity index (χ1v) is 15.7. The Morgan fingerprint density at radius 2 is 1.57 bits per heavy atom. The highest BCUT2D eigenvalue weighted by molar-refractivity contribution is 8.00. The van der Waals surface area contributed by atoms with Crippen molar-refractivity contribution in [3.8, 4) is 0 Å². The number of carboxylic acids is 2. The second-order valence-electron chi connectivity index (χ2n) is 10.2. The van der Waals surface area contributed by atoms with Crippen molar-refractivity contribution < 1.29 is 48.6 Å². The van der Waals surface area contributed by atoms with Gasteiger partial charge in [0.15, 0.2) is 0 Å². The predicted molar refractivity (Wildman–Crippen MR) is 171 cm³/mol. The first-order valence-electron chi connectivity index (χ1n) is 14.7. The number of benzene rings is 1. The van der Waals surface area contributed by atoms with E-state index in [0.717, 1.165) is 22.2 Å². The van der Waals surface area contributed by atoms with Gasteiger partial charge < -0.3 is 42.5 Å². The van der Waals surface area contributed by atoms with Gasteiger partial charge in [0.2, 0.25) is 35.9 Å². The van der Waals surface area contributed by atoms with E-state index in [1.165, 1.54) is 7.05 Å². The molecule has 0 aliphatic rings. The topological polar surface area (TPSA) is 266 Å². The zero-order valence-corrected chi connectivity index (χ0v) is 27.2. The van der Waals surface area contributed by atoms with Gasteiger partial charge in [-0.3, -0.25) is 38.5 Å². The maximum absolute atomic E-state index is 13.0. The minimum Gasteiger partial charge on any atom is -0.481 e. The van der Waals surface area contributed by atoms with Crippen molar-refractivity contribution in [2.45, 2.75) is 62.0 Å². The van der Waals surface area contributed by atoms with Crippen LogP contribution in [0, 0.1) is 0 Å². The molecule has 1 aromatic rings. The van der Waals surface area contributed by atoms with Crippen LogP contribution in [0.15, 0.2) is 30.3 Å². The molecule has 5 atom stereocenters. The van der Waals surface area contributed by atoms with Gasteiger partial charge in [0.1, 0.15) is 18.1 Å². The number of nitrogens with zero attached hydrogens (tertiary/aromatic N) is 1. The van der Waals surface area contributed by atoms with Crippen LogP contribution >= 0.6 is 11.8 Å². The zero-order chi connectivity index (χ0) is 35.5. The van der Waals surface area contributed by atoms with Crippen LogP contribution in [0.2, 0.25) is 0 Å². The fraction of sp³-hybridized carbons (Fsp3) is 0.517. The summed E-state index contributed by atoms with van der Waals surface area (Å²) in [4.78, 5) is 98.3. The Morgan fingerprint density at radius 3 is 2.11 bits per heavy atom. The molecule has 1 unspecified atom stereocenters. The number of carbonyl (C=O) groups excluding carboxylic acids is 6. The van der Waals surface area contributed by atoms with Crippen LogP contribution in [-0.4, -0.2) is 125 Å². The number of nitrogens with one attached hydrogen (secondary N) is 5. The van der Waals surface area contributed by atoms with Gasteiger partial charge in [0.05, 0.1) is 17.7 Å². The summed E-state index contributed by atoms with van der Waals surface area (Å²) in [5.41, 5.74) is 6.78. The Labute approximate surface area is 276 Å². The number of imide groups is 1. The van der Waals surface area contributed by atoms with E-state index in [9.17, 15) is 48.6 Å². The predicted octanol–water partition coefficient (Wildman–Crippen LogP) is -2.58. The highest BCUT2D eigenvalue weighted by Gasteiger charge is 2.32. The molecule has 1 aromatic carbocycles. The van der Waals surface area contributed by atoms with Gasteiger partial charge in [-0.2, -0.15) is 0 Å². The fourth-order valence-corrected chi connectivity index (χ4v) is 5.20. The molecule has 17 nitrogen and oxygen atoms in total. The lowest BCUT2D eigenvalue weighted by Gasteiger charge is -2.24. The second kappa shape index (κ2) is 21.3. The van der Waals surface area contributed by atoms with Crippen molar-refractivity contribution in [2.24, 2.45) is 5.73 Å². The van der Waals surface area contributed by atoms with Crippen LogP contribution in [0.25, 0.3) is 0 Å². The van der Waals surface area contributed by atoms with E-state index >= 15 is 0 Å². The number of hydrogen-bond donors (Lipinski definition) is 8. The molecule has 9 N–H and O–H groups in total. The van der Waals surface area contributed by atoms with Gasteiger partial charge in [0.25, 0.3) is 0 Å². The number of aliphatic carboxylic acids is 2. The van der Waals surface area contributed by atoms with E-state index < -0.39 is 77.3 Å². The number of rotatable bonds is 22. The van der Waals surface area contributed by atoms with Gasteiger partial charge in [-0.05, 0) is 25.5 Å². The number of amides is 6. The van der Waals surface area contributed by atoms with E-state index in [1.54, 1.807) is 14.0 Å². The van der Waals surface area contributed by atoms with Crippen LogP contribution in [0.3, 0.4) is 0 Å². The highest BCUT2D eigenvalue weighted by Crippen LogP contribution is 2.19. The van der Waals surface area contributed by atoms with Crippen LogP contribution in [0.5, 0.6) is 0 Å². The summed E-state index contributed by atoms with van der Waals surface area (Å²) < 4.78 is 0. The Balaban J connectivity index is 2.83. The van der Waals surface area contributed by atoms with Crippen LogP contribution < -0.4 is 32.3 Å². The van der Waals surface area contributed by atoms with Gasteiger partial charge in [-0.25, -0.2) is 4.79 Å². The lowest BCUT2D eigenvalue weighted by Crippen LogP contribution is -2.57. The molecule has 0 aromatic heterocycles. The summed E-state index contributed by atoms with van der Waals surface area (Å²) in [6, 6.07) is 3.81. The molecular formula is C29H43N7O10S. The maximum Gasteiger partial charge on any atom is 0.327 e. The summed E-state index contributed by atoms with van der Waals surface area (Å²) in [5.74, 6) is -6.96. The first-order chi connectivity index (χ1) is 22.3. The fourth-order valence-electron chi connectivity index (χ4n) is 4.03.